The quantitative estimate of drug-likeness (QED) is 0.778. The first-order chi connectivity index (χ1) is 8.35. The van der Waals surface area contributed by atoms with Crippen LogP contribution in [0.4, 0.5) is 5.69 Å². The van der Waals surface area contributed by atoms with Crippen molar-refractivity contribution in [3.8, 4) is 0 Å². The highest BCUT2D eigenvalue weighted by molar-refractivity contribution is 5.52. The lowest BCUT2D eigenvalue weighted by Gasteiger charge is -2.20. The molecule has 1 fully saturated rings. The summed E-state index contributed by atoms with van der Waals surface area (Å²) < 4.78 is 5.31. The van der Waals surface area contributed by atoms with E-state index in [4.69, 9.17) is 4.74 Å². The highest BCUT2D eigenvalue weighted by atomic mass is 16.5. The van der Waals surface area contributed by atoms with Gasteiger partial charge < -0.3 is 10.1 Å². The van der Waals surface area contributed by atoms with E-state index in [1.165, 1.54) is 30.5 Å². The molecule has 1 unspecified atom stereocenters. The van der Waals surface area contributed by atoms with Crippen LogP contribution in [-0.2, 0) is 11.2 Å². The summed E-state index contributed by atoms with van der Waals surface area (Å²) in [5.41, 5.74) is 2.72. The molecule has 0 aromatic heterocycles. The molecule has 2 nitrogen and oxygen atoms in total. The fraction of sp³-hybridized carbons (Fsp3) is 0.600. The van der Waals surface area contributed by atoms with E-state index in [1.54, 1.807) is 7.11 Å². The molecule has 94 valence electrons. The zero-order valence-corrected chi connectivity index (χ0v) is 10.9. The standard InChI is InChI=1S/C15H23NO/c1-3-6-12-7-4-5-8-14(12)16-15(11-17-2)13-9-10-13/h4-5,7-8,13,15-16H,3,6,9-11H2,1-2H3. The number of nitrogens with one attached hydrogen (secondary N) is 1. The highest BCUT2D eigenvalue weighted by Gasteiger charge is 2.31. The van der Waals surface area contributed by atoms with Crippen molar-refractivity contribution in [3.63, 3.8) is 0 Å². The Morgan fingerprint density at radius 3 is 2.76 bits per heavy atom. The first-order valence-corrected chi connectivity index (χ1v) is 6.68. The second-order valence-corrected chi connectivity index (χ2v) is 4.95. The van der Waals surface area contributed by atoms with Crippen LogP contribution in [0.1, 0.15) is 31.7 Å². The Morgan fingerprint density at radius 2 is 2.12 bits per heavy atom. The summed E-state index contributed by atoms with van der Waals surface area (Å²) in [4.78, 5) is 0. The van der Waals surface area contributed by atoms with Gasteiger partial charge in [0.1, 0.15) is 0 Å². The Kier molecular flexibility index (Phi) is 4.43. The third kappa shape index (κ3) is 3.47. The smallest absolute Gasteiger partial charge is 0.0666 e. The molecule has 1 aliphatic rings. The zero-order chi connectivity index (χ0) is 12.1. The second-order valence-electron chi connectivity index (χ2n) is 4.95. The SMILES string of the molecule is CCCc1ccccc1NC(COC)C1CC1. The molecule has 0 spiro atoms. The fourth-order valence-corrected chi connectivity index (χ4v) is 2.32. The number of benzene rings is 1. The van der Waals surface area contributed by atoms with Gasteiger partial charge in [-0.15, -0.1) is 0 Å². The van der Waals surface area contributed by atoms with Crippen LogP contribution in [0.2, 0.25) is 0 Å². The average Bonchev–Trinajstić information content (AvgIpc) is 3.15. The number of para-hydroxylation sites is 1. The predicted molar refractivity (Wildman–Crippen MR) is 72.4 cm³/mol. The molecule has 0 radical (unpaired) electrons. The average molecular weight is 233 g/mol. The van der Waals surface area contributed by atoms with Gasteiger partial charge in [-0.2, -0.15) is 0 Å². The minimum absolute atomic E-state index is 0.484. The first kappa shape index (κ1) is 12.4. The molecule has 0 amide bonds. The van der Waals surface area contributed by atoms with E-state index < -0.39 is 0 Å². The van der Waals surface area contributed by atoms with Crippen molar-refractivity contribution in [3.05, 3.63) is 29.8 Å². The summed E-state index contributed by atoms with van der Waals surface area (Å²) in [5.74, 6) is 0.810. The molecule has 17 heavy (non-hydrogen) atoms. The normalized spacial score (nSPS) is 16.8. The molecule has 0 heterocycles. The van der Waals surface area contributed by atoms with Gasteiger partial charge in [0, 0.05) is 12.8 Å². The molecule has 1 aromatic rings. The Morgan fingerprint density at radius 1 is 1.35 bits per heavy atom. The van der Waals surface area contributed by atoms with Crippen molar-refractivity contribution in [2.24, 2.45) is 5.92 Å². The molecule has 2 heteroatoms. The van der Waals surface area contributed by atoms with Gasteiger partial charge in [0.05, 0.1) is 12.6 Å². The summed E-state index contributed by atoms with van der Waals surface area (Å²) in [6.07, 6.45) is 5.03. The third-order valence-corrected chi connectivity index (χ3v) is 3.41. The van der Waals surface area contributed by atoms with Gasteiger partial charge in [-0.25, -0.2) is 0 Å². The number of ether oxygens (including phenoxy) is 1. The van der Waals surface area contributed by atoms with E-state index in [0.717, 1.165) is 18.9 Å². The molecule has 1 N–H and O–H groups in total. The molecule has 0 saturated heterocycles. The van der Waals surface area contributed by atoms with Gasteiger partial charge >= 0.3 is 0 Å². The number of aryl methyl sites for hydroxylation is 1. The Hall–Kier alpha value is -1.02. The van der Waals surface area contributed by atoms with Gasteiger partial charge in [-0.3, -0.25) is 0 Å². The minimum atomic E-state index is 0.484. The molecule has 1 aliphatic carbocycles. The Bertz CT molecular complexity index is 347. The van der Waals surface area contributed by atoms with Crippen molar-refractivity contribution < 1.29 is 4.74 Å². The maximum Gasteiger partial charge on any atom is 0.0666 e. The summed E-state index contributed by atoms with van der Waals surface area (Å²) >= 11 is 0. The van der Waals surface area contributed by atoms with Gasteiger partial charge in [0.2, 0.25) is 0 Å². The van der Waals surface area contributed by atoms with Gasteiger partial charge in [0.25, 0.3) is 0 Å². The molecule has 0 aliphatic heterocycles. The van der Waals surface area contributed by atoms with Crippen LogP contribution < -0.4 is 5.32 Å². The maximum absolute atomic E-state index is 5.31. The number of rotatable bonds is 7. The van der Waals surface area contributed by atoms with E-state index in [0.29, 0.717) is 6.04 Å². The van der Waals surface area contributed by atoms with Crippen LogP contribution in [0.15, 0.2) is 24.3 Å². The second kappa shape index (κ2) is 6.06. The molecule has 1 atom stereocenters. The topological polar surface area (TPSA) is 21.3 Å². The molecular weight excluding hydrogens is 210 g/mol. The summed E-state index contributed by atoms with van der Waals surface area (Å²) in [6, 6.07) is 9.13. The van der Waals surface area contributed by atoms with Crippen molar-refractivity contribution in [1.29, 1.82) is 0 Å². The molecule has 0 bridgehead atoms. The van der Waals surface area contributed by atoms with Crippen LogP contribution in [0.3, 0.4) is 0 Å². The van der Waals surface area contributed by atoms with E-state index in [9.17, 15) is 0 Å². The predicted octanol–water partition coefficient (Wildman–Crippen LogP) is 3.48. The largest absolute Gasteiger partial charge is 0.383 e. The van der Waals surface area contributed by atoms with E-state index in [-0.39, 0.29) is 0 Å². The number of hydrogen-bond donors (Lipinski definition) is 1. The monoisotopic (exact) mass is 233 g/mol. The fourth-order valence-electron chi connectivity index (χ4n) is 2.32. The maximum atomic E-state index is 5.31. The van der Waals surface area contributed by atoms with Crippen molar-refractivity contribution in [2.75, 3.05) is 19.0 Å². The lowest BCUT2D eigenvalue weighted by molar-refractivity contribution is 0.179. The lowest BCUT2D eigenvalue weighted by Crippen LogP contribution is -2.27. The van der Waals surface area contributed by atoms with Crippen molar-refractivity contribution in [2.45, 2.75) is 38.6 Å². The number of methoxy groups -OCH3 is 1. The van der Waals surface area contributed by atoms with E-state index in [1.807, 2.05) is 0 Å². The molecule has 1 saturated carbocycles. The van der Waals surface area contributed by atoms with Crippen LogP contribution in [0.5, 0.6) is 0 Å². The van der Waals surface area contributed by atoms with Crippen LogP contribution in [-0.4, -0.2) is 19.8 Å². The summed E-state index contributed by atoms with van der Waals surface area (Å²) in [7, 11) is 1.79. The third-order valence-electron chi connectivity index (χ3n) is 3.41. The van der Waals surface area contributed by atoms with E-state index >= 15 is 0 Å². The van der Waals surface area contributed by atoms with Crippen LogP contribution in [0.25, 0.3) is 0 Å². The zero-order valence-electron chi connectivity index (χ0n) is 10.9. The van der Waals surface area contributed by atoms with Crippen LogP contribution in [0, 0.1) is 5.92 Å². The lowest BCUT2D eigenvalue weighted by atomic mass is 10.1. The minimum Gasteiger partial charge on any atom is -0.383 e. The molecule has 1 aromatic carbocycles. The molecule has 2 rings (SSSR count). The highest BCUT2D eigenvalue weighted by Crippen LogP contribution is 2.35. The number of anilines is 1. The number of hydrogen-bond acceptors (Lipinski definition) is 2. The Labute approximate surface area is 104 Å². The van der Waals surface area contributed by atoms with Crippen molar-refractivity contribution >= 4 is 5.69 Å². The summed E-state index contributed by atoms with van der Waals surface area (Å²) in [6.45, 7) is 3.04. The van der Waals surface area contributed by atoms with Crippen molar-refractivity contribution in [1.82, 2.24) is 0 Å². The van der Waals surface area contributed by atoms with E-state index in [2.05, 4.69) is 36.5 Å². The molecular formula is C15H23NO. The van der Waals surface area contributed by atoms with Gasteiger partial charge in [-0.1, -0.05) is 31.5 Å². The summed E-state index contributed by atoms with van der Waals surface area (Å²) in [5, 5.41) is 3.67. The Balaban J connectivity index is 2.04. The van der Waals surface area contributed by atoms with Gasteiger partial charge in [-0.05, 0) is 36.8 Å². The first-order valence-electron chi connectivity index (χ1n) is 6.68. The van der Waals surface area contributed by atoms with Gasteiger partial charge in [0.15, 0.2) is 0 Å². The van der Waals surface area contributed by atoms with Crippen LogP contribution >= 0.6 is 0 Å².